The second-order valence-electron chi connectivity index (χ2n) is 17.7. The molecule has 0 aliphatic carbocycles. The summed E-state index contributed by atoms with van der Waals surface area (Å²) in [6.07, 6.45) is 15.6. The van der Waals surface area contributed by atoms with E-state index in [2.05, 4.69) is 63.1 Å². The average molecular weight is 908 g/mol. The van der Waals surface area contributed by atoms with Gasteiger partial charge in [-0.1, -0.05) is 132 Å². The van der Waals surface area contributed by atoms with Gasteiger partial charge in [-0.25, -0.2) is 0 Å². The summed E-state index contributed by atoms with van der Waals surface area (Å²) in [6.45, 7) is 6.10. The highest BCUT2D eigenvalue weighted by Crippen LogP contribution is 2.20. The Bertz CT molecular complexity index is 2070. The van der Waals surface area contributed by atoms with Gasteiger partial charge in [0.05, 0.1) is 0 Å². The lowest BCUT2D eigenvalue weighted by Gasteiger charge is -2.29. The van der Waals surface area contributed by atoms with Crippen LogP contribution in [0.25, 0.3) is 10.9 Å². The number of para-hydroxylation sites is 1. The van der Waals surface area contributed by atoms with Crippen molar-refractivity contribution in [1.29, 1.82) is 0 Å². The van der Waals surface area contributed by atoms with Gasteiger partial charge in [-0.15, -0.1) is 0 Å². The molecule has 4 rings (SSSR count). The highest BCUT2D eigenvalue weighted by atomic mass is 16.3. The number of aromatic hydroxyl groups is 1. The van der Waals surface area contributed by atoms with Crippen molar-refractivity contribution in [3.63, 3.8) is 0 Å². The monoisotopic (exact) mass is 908 g/mol. The minimum Gasteiger partial charge on any atom is -0.508 e. The molecule has 1 heterocycles. The number of phenols is 1. The molecule has 4 aromatic rings. The Kier molecular flexibility index (Phi) is 23.7. The number of hydrogen-bond acceptors (Lipinski definition) is 7. The normalized spacial score (nSPS) is 13.1. The molecule has 0 bridgehead atoms. The Morgan fingerprint density at radius 2 is 1.23 bits per heavy atom. The Morgan fingerprint density at radius 1 is 0.652 bits per heavy atom. The fourth-order valence-electron chi connectivity index (χ4n) is 8.27. The van der Waals surface area contributed by atoms with E-state index < -0.39 is 29.9 Å². The molecule has 0 saturated carbocycles. The number of likely N-dealkylation sites (N-methyl/N-ethyl adjacent to an activating group) is 1. The standard InChI is InChI=1S/C52H77N9O5/c1-4-6-8-10-11-12-16-26-48(63)58-46(34-39-27-29-42(62)30-28-39)50(65)60-47(33-38-21-14-13-15-22-38)51(66)59-45(25-20-31-55-52(53)54)49(64)57-41(37-61(3)32-19-9-7-5-2)35-40-36-56-44-24-18-17-23-43(40)44/h13-15,17-18,21-24,27-30,36,41,45-47,56,62H,4-12,16,19-20,25-26,31-35,37H2,1-3H3,(H,57,64)(H,58,63)(H,59,66)(H,60,65)(H4,53,54,55)/t41-,45-,46-,47+/m0/s1. The number of nitrogens with one attached hydrogen (secondary N) is 5. The van der Waals surface area contributed by atoms with E-state index >= 15 is 0 Å². The number of benzene rings is 3. The topological polar surface area (TPSA) is 220 Å². The molecular formula is C52H77N9O5. The van der Waals surface area contributed by atoms with Crippen LogP contribution in [0, 0.1) is 0 Å². The first-order valence-corrected chi connectivity index (χ1v) is 24.3. The van der Waals surface area contributed by atoms with Gasteiger partial charge >= 0.3 is 0 Å². The number of unbranched alkanes of at least 4 members (excludes halogenated alkanes) is 9. The summed E-state index contributed by atoms with van der Waals surface area (Å²) in [4.78, 5) is 66.5. The summed E-state index contributed by atoms with van der Waals surface area (Å²) >= 11 is 0. The molecule has 3 aromatic carbocycles. The maximum absolute atomic E-state index is 14.6. The molecule has 0 aliphatic heterocycles. The lowest BCUT2D eigenvalue weighted by atomic mass is 10.0. The van der Waals surface area contributed by atoms with Gasteiger partial charge in [-0.05, 0) is 80.6 Å². The van der Waals surface area contributed by atoms with Gasteiger partial charge in [0, 0.05) is 55.5 Å². The van der Waals surface area contributed by atoms with Crippen molar-refractivity contribution < 1.29 is 24.3 Å². The third-order valence-corrected chi connectivity index (χ3v) is 11.9. The SMILES string of the molecule is CCCCCCCCCC(=O)N[C@@H](Cc1ccc(O)cc1)C(=O)N[C@H](Cc1ccccc1)C(=O)N[C@@H](CCCN=C(N)N)C(=O)N[C@@H](Cc1c[nH]c2ccccc12)CN(C)CCCCCC. The van der Waals surface area contributed by atoms with Gasteiger partial charge in [0.1, 0.15) is 23.9 Å². The summed E-state index contributed by atoms with van der Waals surface area (Å²) in [5, 5.41) is 23.2. The smallest absolute Gasteiger partial charge is 0.243 e. The zero-order chi connectivity index (χ0) is 47.5. The van der Waals surface area contributed by atoms with Crippen LogP contribution in [0.15, 0.2) is 90.1 Å². The molecule has 66 heavy (non-hydrogen) atoms. The van der Waals surface area contributed by atoms with Crippen LogP contribution in [-0.2, 0) is 38.4 Å². The summed E-state index contributed by atoms with van der Waals surface area (Å²) in [6, 6.07) is 20.5. The number of nitrogens with zero attached hydrogens (tertiary/aromatic N) is 2. The number of amides is 4. The number of carbonyl (C=O) groups excluding carboxylic acids is 4. The van der Waals surface area contributed by atoms with Gasteiger partial charge in [0.25, 0.3) is 0 Å². The Hall–Kier alpha value is -5.89. The van der Waals surface area contributed by atoms with Crippen molar-refractivity contribution >= 4 is 40.5 Å². The summed E-state index contributed by atoms with van der Waals surface area (Å²) in [5.41, 5.74) is 14.9. The van der Waals surface area contributed by atoms with Crippen LogP contribution >= 0.6 is 0 Å². The second-order valence-corrected chi connectivity index (χ2v) is 17.7. The number of nitrogens with two attached hydrogens (primary N) is 2. The number of aromatic nitrogens is 1. The van der Waals surface area contributed by atoms with Crippen molar-refractivity contribution in [2.75, 3.05) is 26.7 Å². The highest BCUT2D eigenvalue weighted by Gasteiger charge is 2.31. The predicted molar refractivity (Wildman–Crippen MR) is 266 cm³/mol. The average Bonchev–Trinajstić information content (AvgIpc) is 3.71. The molecule has 1 aromatic heterocycles. The van der Waals surface area contributed by atoms with E-state index in [9.17, 15) is 24.3 Å². The molecule has 0 saturated heterocycles. The second kappa shape index (κ2) is 29.6. The van der Waals surface area contributed by atoms with Crippen molar-refractivity contribution in [1.82, 2.24) is 31.2 Å². The molecule has 0 unspecified atom stereocenters. The van der Waals surface area contributed by atoms with Crippen LogP contribution in [-0.4, -0.2) is 95.4 Å². The third-order valence-electron chi connectivity index (χ3n) is 11.9. The van der Waals surface area contributed by atoms with E-state index in [-0.39, 0.29) is 61.8 Å². The quantitative estimate of drug-likeness (QED) is 0.0152. The lowest BCUT2D eigenvalue weighted by molar-refractivity contribution is -0.134. The first-order chi connectivity index (χ1) is 31.9. The molecule has 0 fully saturated rings. The van der Waals surface area contributed by atoms with E-state index in [0.717, 1.165) is 72.7 Å². The van der Waals surface area contributed by atoms with Crippen LogP contribution in [0.1, 0.15) is 120 Å². The maximum atomic E-state index is 14.6. The van der Waals surface area contributed by atoms with Crippen molar-refractivity contribution in [2.45, 2.75) is 147 Å². The number of fused-ring (bicyclic) bond motifs is 1. The minimum absolute atomic E-state index is 0.0669. The first kappa shape index (κ1) is 52.7. The number of aromatic amines is 1. The fraction of sp³-hybridized carbons (Fsp3) is 0.519. The maximum Gasteiger partial charge on any atom is 0.243 e. The number of phenolic OH excluding ortho intramolecular Hbond substituents is 1. The van der Waals surface area contributed by atoms with E-state index in [1.165, 1.54) is 37.8 Å². The summed E-state index contributed by atoms with van der Waals surface area (Å²) in [7, 11) is 2.07. The Morgan fingerprint density at radius 3 is 1.91 bits per heavy atom. The molecule has 0 spiro atoms. The van der Waals surface area contributed by atoms with E-state index in [1.807, 2.05) is 54.7 Å². The summed E-state index contributed by atoms with van der Waals surface area (Å²) in [5.74, 6) is -1.68. The first-order valence-electron chi connectivity index (χ1n) is 24.3. The number of H-pyrrole nitrogens is 1. The van der Waals surface area contributed by atoms with Gasteiger partial charge in [0.2, 0.25) is 23.6 Å². The van der Waals surface area contributed by atoms with E-state index in [0.29, 0.717) is 25.8 Å². The van der Waals surface area contributed by atoms with Gasteiger partial charge in [-0.2, -0.15) is 0 Å². The van der Waals surface area contributed by atoms with Crippen molar-refractivity contribution in [3.8, 4) is 5.75 Å². The van der Waals surface area contributed by atoms with Gasteiger partial charge in [0.15, 0.2) is 5.96 Å². The van der Waals surface area contributed by atoms with Gasteiger partial charge in [-0.3, -0.25) is 24.2 Å². The Balaban J connectivity index is 1.57. The molecule has 4 amide bonds. The van der Waals surface area contributed by atoms with Crippen LogP contribution in [0.5, 0.6) is 5.75 Å². The Labute approximate surface area is 392 Å². The number of aliphatic imine (C=N–C) groups is 1. The van der Waals surface area contributed by atoms with Crippen molar-refractivity contribution in [2.24, 2.45) is 16.5 Å². The molecule has 0 radical (unpaired) electrons. The third kappa shape index (κ3) is 19.7. The molecule has 14 heteroatoms. The summed E-state index contributed by atoms with van der Waals surface area (Å²) < 4.78 is 0. The van der Waals surface area contributed by atoms with E-state index in [4.69, 9.17) is 11.5 Å². The zero-order valence-electron chi connectivity index (χ0n) is 39.7. The van der Waals surface area contributed by atoms with Crippen LogP contribution in [0.3, 0.4) is 0 Å². The van der Waals surface area contributed by atoms with E-state index in [1.54, 1.807) is 12.1 Å². The van der Waals surface area contributed by atoms with Crippen LogP contribution in [0.4, 0.5) is 0 Å². The highest BCUT2D eigenvalue weighted by molar-refractivity contribution is 5.94. The van der Waals surface area contributed by atoms with Crippen molar-refractivity contribution in [3.05, 3.63) is 102 Å². The molecule has 4 atom stereocenters. The predicted octanol–water partition coefficient (Wildman–Crippen LogP) is 6.55. The number of guanidine groups is 1. The zero-order valence-corrected chi connectivity index (χ0v) is 39.7. The molecular weight excluding hydrogens is 831 g/mol. The number of rotatable bonds is 32. The number of hydrogen-bond donors (Lipinski definition) is 8. The molecule has 10 N–H and O–H groups in total. The minimum atomic E-state index is -1.11. The largest absolute Gasteiger partial charge is 0.508 e. The molecule has 0 aliphatic rings. The molecule has 14 nitrogen and oxygen atoms in total. The molecule has 360 valence electrons. The van der Waals surface area contributed by atoms with Crippen LogP contribution < -0.4 is 32.7 Å². The van der Waals surface area contributed by atoms with Gasteiger partial charge < -0.3 is 47.7 Å². The fourth-order valence-corrected chi connectivity index (χ4v) is 8.27. The number of carbonyl (C=O) groups is 4. The van der Waals surface area contributed by atoms with Crippen LogP contribution in [0.2, 0.25) is 0 Å². The lowest BCUT2D eigenvalue weighted by Crippen LogP contribution is -2.58.